The normalized spacial score (nSPS) is 18.7. The molecule has 2 heterocycles. The second-order valence-electron chi connectivity index (χ2n) is 4.71. The molecular formula is C14H17N3S. The lowest BCUT2D eigenvalue weighted by atomic mass is 10.0. The largest absolute Gasteiger partial charge is 0.334 e. The summed E-state index contributed by atoms with van der Waals surface area (Å²) in [5, 5.41) is 0. The van der Waals surface area contributed by atoms with Gasteiger partial charge in [-0.25, -0.2) is 4.98 Å². The number of nitrogens with zero attached hydrogens (tertiary/aromatic N) is 2. The van der Waals surface area contributed by atoms with Crippen LogP contribution in [0.15, 0.2) is 35.5 Å². The quantitative estimate of drug-likeness (QED) is 0.843. The maximum atomic E-state index is 6.06. The van der Waals surface area contributed by atoms with Gasteiger partial charge in [0, 0.05) is 35.2 Å². The number of nitrogens with two attached hydrogens (primary N) is 1. The molecule has 0 amide bonds. The first-order chi connectivity index (χ1) is 8.78. The van der Waals surface area contributed by atoms with E-state index in [1.165, 1.54) is 16.2 Å². The van der Waals surface area contributed by atoms with Gasteiger partial charge < -0.3 is 10.3 Å². The molecule has 1 aliphatic heterocycles. The fraction of sp³-hybridized carbons (Fsp3) is 0.357. The Hall–Kier alpha value is -1.26. The van der Waals surface area contributed by atoms with Crippen molar-refractivity contribution in [1.29, 1.82) is 0 Å². The van der Waals surface area contributed by atoms with Crippen LogP contribution in [0.5, 0.6) is 0 Å². The summed E-state index contributed by atoms with van der Waals surface area (Å²) in [6.45, 7) is 0.992. The minimum Gasteiger partial charge on any atom is -0.334 e. The molecular weight excluding hydrogens is 242 g/mol. The summed E-state index contributed by atoms with van der Waals surface area (Å²) in [7, 11) is 0. The second kappa shape index (κ2) is 4.78. The van der Waals surface area contributed by atoms with E-state index in [1.54, 1.807) is 11.8 Å². The maximum absolute atomic E-state index is 6.06. The lowest BCUT2D eigenvalue weighted by Gasteiger charge is -2.21. The van der Waals surface area contributed by atoms with Gasteiger partial charge in [0.15, 0.2) is 0 Å². The summed E-state index contributed by atoms with van der Waals surface area (Å²) in [6.07, 6.45) is 6.01. The molecule has 4 heteroatoms. The van der Waals surface area contributed by atoms with E-state index in [9.17, 15) is 0 Å². The highest BCUT2D eigenvalue weighted by molar-refractivity contribution is 7.98. The average molecular weight is 259 g/mol. The third kappa shape index (κ3) is 2.06. The summed E-state index contributed by atoms with van der Waals surface area (Å²) in [6, 6.07) is 8.87. The highest BCUT2D eigenvalue weighted by Gasteiger charge is 2.20. The molecule has 0 saturated heterocycles. The number of hydrogen-bond acceptors (Lipinski definition) is 3. The van der Waals surface area contributed by atoms with Crippen LogP contribution < -0.4 is 5.73 Å². The van der Waals surface area contributed by atoms with Crippen LogP contribution in [0, 0.1) is 0 Å². The van der Waals surface area contributed by atoms with Gasteiger partial charge in [0.25, 0.3) is 0 Å². The molecule has 18 heavy (non-hydrogen) atoms. The van der Waals surface area contributed by atoms with Gasteiger partial charge in [0.05, 0.1) is 12.0 Å². The highest BCUT2D eigenvalue weighted by Crippen LogP contribution is 2.27. The minimum absolute atomic E-state index is 0.276. The molecule has 94 valence electrons. The van der Waals surface area contributed by atoms with E-state index in [1.807, 2.05) is 6.33 Å². The number of thioether (sulfide) groups is 1. The number of hydrogen-bond donors (Lipinski definition) is 1. The summed E-state index contributed by atoms with van der Waals surface area (Å²) >= 11 is 1.76. The van der Waals surface area contributed by atoms with E-state index in [-0.39, 0.29) is 6.04 Å². The smallest absolute Gasteiger partial charge is 0.0956 e. The molecule has 2 aromatic rings. The van der Waals surface area contributed by atoms with E-state index >= 15 is 0 Å². The van der Waals surface area contributed by atoms with Crippen LogP contribution >= 0.6 is 11.8 Å². The van der Waals surface area contributed by atoms with Crippen LogP contribution in [0.3, 0.4) is 0 Å². The Kier molecular flexibility index (Phi) is 3.14. The molecule has 2 N–H and O–H groups in total. The number of imidazole rings is 1. The maximum Gasteiger partial charge on any atom is 0.0956 e. The first-order valence-electron chi connectivity index (χ1n) is 6.22. The number of fused-ring (bicyclic) bond motifs is 1. The van der Waals surface area contributed by atoms with E-state index in [4.69, 9.17) is 5.73 Å². The van der Waals surface area contributed by atoms with E-state index < -0.39 is 0 Å². The Bertz CT molecular complexity index is 545. The highest BCUT2D eigenvalue weighted by atomic mass is 32.2. The Morgan fingerprint density at radius 3 is 2.83 bits per heavy atom. The van der Waals surface area contributed by atoms with E-state index in [0.29, 0.717) is 0 Å². The second-order valence-corrected chi connectivity index (χ2v) is 5.59. The van der Waals surface area contributed by atoms with Crippen LogP contribution in [0.1, 0.15) is 12.1 Å². The summed E-state index contributed by atoms with van der Waals surface area (Å²) in [4.78, 5) is 5.84. The average Bonchev–Trinajstić information content (AvgIpc) is 2.82. The first kappa shape index (κ1) is 11.8. The van der Waals surface area contributed by atoms with E-state index in [0.717, 1.165) is 25.1 Å². The Labute approximate surface area is 111 Å². The van der Waals surface area contributed by atoms with Gasteiger partial charge >= 0.3 is 0 Å². The number of aryl methyl sites for hydroxylation is 1. The van der Waals surface area contributed by atoms with Gasteiger partial charge in [-0.1, -0.05) is 12.1 Å². The van der Waals surface area contributed by atoms with Crippen molar-refractivity contribution in [3.63, 3.8) is 0 Å². The Morgan fingerprint density at radius 2 is 2.11 bits per heavy atom. The van der Waals surface area contributed by atoms with Crippen LogP contribution in [0.25, 0.3) is 11.3 Å². The lowest BCUT2D eigenvalue weighted by Crippen LogP contribution is -2.30. The van der Waals surface area contributed by atoms with Gasteiger partial charge in [-0.15, -0.1) is 11.8 Å². The molecule has 1 atom stereocenters. The number of aromatic nitrogens is 2. The molecule has 0 spiro atoms. The van der Waals surface area contributed by atoms with Gasteiger partial charge in [-0.2, -0.15) is 0 Å². The molecule has 3 rings (SSSR count). The molecule has 1 aromatic heterocycles. The lowest BCUT2D eigenvalue weighted by molar-refractivity contribution is 0.472. The van der Waals surface area contributed by atoms with Crippen LogP contribution in [-0.2, 0) is 13.0 Å². The number of benzene rings is 1. The van der Waals surface area contributed by atoms with Crippen molar-refractivity contribution >= 4 is 11.8 Å². The van der Waals surface area contributed by atoms with Crippen LogP contribution in [0.4, 0.5) is 0 Å². The molecule has 3 nitrogen and oxygen atoms in total. The molecule has 1 unspecified atom stereocenters. The predicted molar refractivity (Wildman–Crippen MR) is 75.7 cm³/mol. The van der Waals surface area contributed by atoms with Crippen LogP contribution in [0.2, 0.25) is 0 Å². The Morgan fingerprint density at radius 1 is 1.33 bits per heavy atom. The van der Waals surface area contributed by atoms with Crippen LogP contribution in [-0.4, -0.2) is 21.8 Å². The summed E-state index contributed by atoms with van der Waals surface area (Å²) in [5.74, 6) is 0. The minimum atomic E-state index is 0.276. The van der Waals surface area contributed by atoms with Gasteiger partial charge in [0.1, 0.15) is 0 Å². The first-order valence-corrected chi connectivity index (χ1v) is 7.44. The van der Waals surface area contributed by atoms with Gasteiger partial charge in [-0.3, -0.25) is 0 Å². The van der Waals surface area contributed by atoms with Crippen molar-refractivity contribution in [2.75, 3.05) is 6.26 Å². The Balaban J connectivity index is 1.98. The fourth-order valence-corrected chi connectivity index (χ4v) is 2.87. The summed E-state index contributed by atoms with van der Waals surface area (Å²) in [5.41, 5.74) is 9.63. The number of rotatable bonds is 2. The van der Waals surface area contributed by atoms with Gasteiger partial charge in [0.2, 0.25) is 0 Å². The third-order valence-electron chi connectivity index (χ3n) is 3.51. The molecule has 0 saturated carbocycles. The van der Waals surface area contributed by atoms with Crippen molar-refractivity contribution < 1.29 is 0 Å². The molecule has 0 fully saturated rings. The summed E-state index contributed by atoms with van der Waals surface area (Å²) < 4.78 is 2.24. The van der Waals surface area contributed by atoms with Crippen molar-refractivity contribution in [3.8, 4) is 11.3 Å². The zero-order chi connectivity index (χ0) is 12.5. The van der Waals surface area contributed by atoms with Crippen molar-refractivity contribution in [2.24, 2.45) is 5.73 Å². The molecule has 0 bridgehead atoms. The molecule has 1 aliphatic rings. The topological polar surface area (TPSA) is 43.8 Å². The van der Waals surface area contributed by atoms with Gasteiger partial charge in [-0.05, 0) is 24.8 Å². The van der Waals surface area contributed by atoms with Crippen molar-refractivity contribution in [1.82, 2.24) is 9.55 Å². The standard InChI is InChI=1S/C14H17N3S/c1-18-12-4-2-10(3-5-12)14-13-8-11(15)6-7-17(13)9-16-14/h2-5,9,11H,6-8,15H2,1H3. The monoisotopic (exact) mass is 259 g/mol. The zero-order valence-electron chi connectivity index (χ0n) is 10.5. The predicted octanol–water partition coefficient (Wildman–Crippen LogP) is 2.55. The van der Waals surface area contributed by atoms with Crippen molar-refractivity contribution in [3.05, 3.63) is 36.3 Å². The zero-order valence-corrected chi connectivity index (χ0v) is 11.3. The SMILES string of the molecule is CSc1ccc(-c2ncn3c2CC(N)CC3)cc1. The van der Waals surface area contributed by atoms with Crippen molar-refractivity contribution in [2.45, 2.75) is 30.3 Å². The molecule has 0 radical (unpaired) electrons. The third-order valence-corrected chi connectivity index (χ3v) is 4.25. The van der Waals surface area contributed by atoms with E-state index in [2.05, 4.69) is 40.1 Å². The molecule has 0 aliphatic carbocycles. The fourth-order valence-electron chi connectivity index (χ4n) is 2.46. The molecule has 1 aromatic carbocycles.